The van der Waals surface area contributed by atoms with E-state index in [4.69, 9.17) is 4.74 Å². The molecule has 0 aromatic heterocycles. The Balaban J connectivity index is 1.72. The molecule has 0 radical (unpaired) electrons. The lowest BCUT2D eigenvalue weighted by Gasteiger charge is -2.09. The van der Waals surface area contributed by atoms with Gasteiger partial charge in [0.1, 0.15) is 12.4 Å². The molecule has 22 heavy (non-hydrogen) atoms. The van der Waals surface area contributed by atoms with Gasteiger partial charge in [-0.1, -0.05) is 41.5 Å². The first-order valence-electron chi connectivity index (χ1n) is 7.57. The van der Waals surface area contributed by atoms with Gasteiger partial charge >= 0.3 is 0 Å². The topological polar surface area (TPSA) is 38.3 Å². The van der Waals surface area contributed by atoms with Crippen molar-refractivity contribution >= 4 is 5.91 Å². The molecule has 0 aliphatic carbocycles. The lowest BCUT2D eigenvalue weighted by atomic mass is 10.0. The third kappa shape index (κ3) is 4.92. The van der Waals surface area contributed by atoms with E-state index in [9.17, 15) is 4.79 Å². The van der Waals surface area contributed by atoms with E-state index in [1.165, 1.54) is 11.1 Å². The van der Waals surface area contributed by atoms with E-state index < -0.39 is 0 Å². The van der Waals surface area contributed by atoms with Crippen LogP contribution in [0.1, 0.15) is 22.3 Å². The van der Waals surface area contributed by atoms with Crippen LogP contribution in [-0.4, -0.2) is 19.1 Å². The summed E-state index contributed by atoms with van der Waals surface area (Å²) in [6.45, 7) is 7.12. The van der Waals surface area contributed by atoms with E-state index in [0.717, 1.165) is 16.9 Å². The highest BCUT2D eigenvalue weighted by Gasteiger charge is 2.05. The molecule has 2 aromatic carbocycles. The average molecular weight is 297 g/mol. The zero-order valence-corrected chi connectivity index (χ0v) is 13.5. The maximum Gasteiger partial charge on any atom is 0.224 e. The Kier molecular flexibility index (Phi) is 5.59. The summed E-state index contributed by atoms with van der Waals surface area (Å²) in [5.41, 5.74) is 4.65. The SMILES string of the molecule is Cc1ccc(OCCNC(=O)Cc2ccc(C)cc2C)cc1. The van der Waals surface area contributed by atoms with E-state index in [1.54, 1.807) is 0 Å². The van der Waals surface area contributed by atoms with Crippen molar-refractivity contribution < 1.29 is 9.53 Å². The van der Waals surface area contributed by atoms with Crippen LogP contribution in [0.3, 0.4) is 0 Å². The van der Waals surface area contributed by atoms with E-state index in [2.05, 4.69) is 18.3 Å². The number of amides is 1. The molecule has 116 valence electrons. The van der Waals surface area contributed by atoms with Gasteiger partial charge in [0, 0.05) is 0 Å². The van der Waals surface area contributed by atoms with Gasteiger partial charge in [0.2, 0.25) is 5.91 Å². The first kappa shape index (κ1) is 16.1. The first-order valence-corrected chi connectivity index (χ1v) is 7.57. The number of hydrogen-bond donors (Lipinski definition) is 1. The fraction of sp³-hybridized carbons (Fsp3) is 0.316. The first-order chi connectivity index (χ1) is 10.5. The van der Waals surface area contributed by atoms with Crippen molar-refractivity contribution in [1.29, 1.82) is 0 Å². The summed E-state index contributed by atoms with van der Waals surface area (Å²) in [4.78, 5) is 11.9. The minimum absolute atomic E-state index is 0.0273. The quantitative estimate of drug-likeness (QED) is 0.830. The summed E-state index contributed by atoms with van der Waals surface area (Å²) < 4.78 is 5.59. The zero-order valence-electron chi connectivity index (χ0n) is 13.5. The second-order valence-electron chi connectivity index (χ2n) is 5.62. The molecular weight excluding hydrogens is 274 g/mol. The summed E-state index contributed by atoms with van der Waals surface area (Å²) in [5, 5.41) is 2.89. The van der Waals surface area contributed by atoms with Crippen LogP contribution in [0.2, 0.25) is 0 Å². The molecule has 0 unspecified atom stereocenters. The smallest absolute Gasteiger partial charge is 0.224 e. The van der Waals surface area contributed by atoms with E-state index in [1.807, 2.05) is 50.2 Å². The van der Waals surface area contributed by atoms with Crippen molar-refractivity contribution in [2.75, 3.05) is 13.2 Å². The van der Waals surface area contributed by atoms with E-state index in [-0.39, 0.29) is 5.91 Å². The summed E-state index contributed by atoms with van der Waals surface area (Å²) in [6, 6.07) is 14.0. The van der Waals surface area contributed by atoms with Gasteiger partial charge in [-0.15, -0.1) is 0 Å². The normalized spacial score (nSPS) is 10.3. The Bertz CT molecular complexity index is 632. The minimum atomic E-state index is 0.0273. The molecule has 2 aromatic rings. The predicted molar refractivity (Wildman–Crippen MR) is 89.3 cm³/mol. The Morgan fingerprint density at radius 2 is 1.68 bits per heavy atom. The molecule has 0 saturated heterocycles. The van der Waals surface area contributed by atoms with Gasteiger partial charge in [0.15, 0.2) is 0 Å². The van der Waals surface area contributed by atoms with Gasteiger partial charge in [-0.05, 0) is 44.0 Å². The third-order valence-corrected chi connectivity index (χ3v) is 3.56. The van der Waals surface area contributed by atoms with Crippen molar-refractivity contribution in [2.45, 2.75) is 27.2 Å². The molecule has 0 heterocycles. The lowest BCUT2D eigenvalue weighted by molar-refractivity contribution is -0.120. The number of hydrogen-bond acceptors (Lipinski definition) is 2. The van der Waals surface area contributed by atoms with Crippen LogP contribution in [0, 0.1) is 20.8 Å². The minimum Gasteiger partial charge on any atom is -0.492 e. The standard InChI is InChI=1S/C19H23NO2/c1-14-5-8-18(9-6-14)22-11-10-20-19(21)13-17-7-4-15(2)12-16(17)3/h4-9,12H,10-11,13H2,1-3H3,(H,20,21). The number of ether oxygens (including phenoxy) is 1. The molecule has 0 atom stereocenters. The highest BCUT2D eigenvalue weighted by molar-refractivity contribution is 5.78. The van der Waals surface area contributed by atoms with Gasteiger partial charge in [-0.2, -0.15) is 0 Å². The molecule has 0 spiro atoms. The number of carbonyl (C=O) groups excluding carboxylic acids is 1. The van der Waals surface area contributed by atoms with Gasteiger partial charge in [0.25, 0.3) is 0 Å². The second-order valence-corrected chi connectivity index (χ2v) is 5.62. The van der Waals surface area contributed by atoms with Crippen LogP contribution in [0.5, 0.6) is 5.75 Å². The zero-order chi connectivity index (χ0) is 15.9. The summed E-state index contributed by atoms with van der Waals surface area (Å²) >= 11 is 0. The predicted octanol–water partition coefficient (Wildman–Crippen LogP) is 3.35. The number of nitrogens with one attached hydrogen (secondary N) is 1. The van der Waals surface area contributed by atoms with Crippen molar-refractivity contribution in [2.24, 2.45) is 0 Å². The van der Waals surface area contributed by atoms with Crippen LogP contribution < -0.4 is 10.1 Å². The monoisotopic (exact) mass is 297 g/mol. The van der Waals surface area contributed by atoms with Crippen LogP contribution >= 0.6 is 0 Å². The molecule has 1 N–H and O–H groups in total. The number of carbonyl (C=O) groups is 1. The summed E-state index contributed by atoms with van der Waals surface area (Å²) in [5.74, 6) is 0.855. The van der Waals surface area contributed by atoms with E-state index in [0.29, 0.717) is 19.6 Å². The molecule has 0 bridgehead atoms. The third-order valence-electron chi connectivity index (χ3n) is 3.56. The molecule has 3 nitrogen and oxygen atoms in total. The number of aryl methyl sites for hydroxylation is 3. The highest BCUT2D eigenvalue weighted by atomic mass is 16.5. The van der Waals surface area contributed by atoms with Crippen molar-refractivity contribution in [3.63, 3.8) is 0 Å². The van der Waals surface area contributed by atoms with Crippen LogP contribution in [-0.2, 0) is 11.2 Å². The van der Waals surface area contributed by atoms with Crippen molar-refractivity contribution in [1.82, 2.24) is 5.32 Å². The molecule has 0 aliphatic rings. The molecule has 0 aliphatic heterocycles. The highest BCUT2D eigenvalue weighted by Crippen LogP contribution is 2.12. The van der Waals surface area contributed by atoms with Gasteiger partial charge in [0.05, 0.1) is 13.0 Å². The fourth-order valence-corrected chi connectivity index (χ4v) is 2.27. The van der Waals surface area contributed by atoms with Crippen LogP contribution in [0.15, 0.2) is 42.5 Å². The maximum absolute atomic E-state index is 11.9. The molecule has 0 fully saturated rings. The second kappa shape index (κ2) is 7.64. The van der Waals surface area contributed by atoms with Gasteiger partial charge in [-0.25, -0.2) is 0 Å². The number of benzene rings is 2. The Morgan fingerprint density at radius 1 is 1.00 bits per heavy atom. The lowest BCUT2D eigenvalue weighted by Crippen LogP contribution is -2.29. The molecule has 0 saturated carbocycles. The molecular formula is C19H23NO2. The molecule has 2 rings (SSSR count). The fourth-order valence-electron chi connectivity index (χ4n) is 2.27. The maximum atomic E-state index is 11.9. The Morgan fingerprint density at radius 3 is 2.36 bits per heavy atom. The van der Waals surface area contributed by atoms with Gasteiger partial charge in [-0.3, -0.25) is 4.79 Å². The van der Waals surface area contributed by atoms with Crippen molar-refractivity contribution in [3.8, 4) is 5.75 Å². The van der Waals surface area contributed by atoms with Crippen molar-refractivity contribution in [3.05, 3.63) is 64.7 Å². The largest absolute Gasteiger partial charge is 0.492 e. The average Bonchev–Trinajstić information content (AvgIpc) is 2.48. The van der Waals surface area contributed by atoms with E-state index >= 15 is 0 Å². The van der Waals surface area contributed by atoms with Crippen LogP contribution in [0.4, 0.5) is 0 Å². The summed E-state index contributed by atoms with van der Waals surface area (Å²) in [6.07, 6.45) is 0.413. The molecule has 3 heteroatoms. The summed E-state index contributed by atoms with van der Waals surface area (Å²) in [7, 11) is 0. The van der Waals surface area contributed by atoms with Gasteiger partial charge < -0.3 is 10.1 Å². The Hall–Kier alpha value is -2.29. The molecule has 1 amide bonds. The number of rotatable bonds is 6. The Labute approximate surface area is 132 Å². The van der Waals surface area contributed by atoms with Crippen LogP contribution in [0.25, 0.3) is 0 Å².